The Bertz CT molecular complexity index is 378. The monoisotopic (exact) mass is 298 g/mol. The summed E-state index contributed by atoms with van der Waals surface area (Å²) in [6.07, 6.45) is 2.26. The number of hydrogen-bond donors (Lipinski definition) is 1. The van der Waals surface area contributed by atoms with Crippen LogP contribution in [-0.4, -0.2) is 31.2 Å². The first-order valence-electron chi connectivity index (χ1n) is 5.98. The van der Waals surface area contributed by atoms with E-state index in [2.05, 4.69) is 40.0 Å². The molecule has 0 saturated carbocycles. The van der Waals surface area contributed by atoms with Crippen LogP contribution in [0.3, 0.4) is 0 Å². The minimum atomic E-state index is 0.639. The van der Waals surface area contributed by atoms with Crippen LogP contribution in [0.4, 0.5) is 5.69 Å². The second-order valence-electron chi connectivity index (χ2n) is 4.61. The molecular weight excluding hydrogens is 280 g/mol. The second-order valence-corrected chi connectivity index (χ2v) is 5.47. The predicted molar refractivity (Wildman–Crippen MR) is 73.9 cm³/mol. The third-order valence-corrected chi connectivity index (χ3v) is 4.00. The quantitative estimate of drug-likeness (QED) is 0.872. The zero-order valence-electron chi connectivity index (χ0n) is 10.2. The van der Waals surface area contributed by atoms with Gasteiger partial charge < -0.3 is 10.5 Å². The van der Waals surface area contributed by atoms with Gasteiger partial charge in [-0.3, -0.25) is 4.90 Å². The van der Waals surface area contributed by atoms with Crippen molar-refractivity contribution in [1.29, 1.82) is 0 Å². The van der Waals surface area contributed by atoms with Crippen LogP contribution in [0.5, 0.6) is 0 Å². The van der Waals surface area contributed by atoms with Crippen LogP contribution >= 0.6 is 15.9 Å². The lowest BCUT2D eigenvalue weighted by molar-refractivity contribution is 0.0407. The maximum atomic E-state index is 5.79. The molecule has 0 aromatic heterocycles. The number of halogens is 1. The van der Waals surface area contributed by atoms with Gasteiger partial charge in [-0.25, -0.2) is 0 Å². The van der Waals surface area contributed by atoms with E-state index in [1.807, 2.05) is 6.07 Å². The summed E-state index contributed by atoms with van der Waals surface area (Å²) in [5.41, 5.74) is 7.87. The molecule has 0 spiro atoms. The molecule has 17 heavy (non-hydrogen) atoms. The van der Waals surface area contributed by atoms with Gasteiger partial charge in [0.1, 0.15) is 0 Å². The van der Waals surface area contributed by atoms with Crippen molar-refractivity contribution in [3.8, 4) is 0 Å². The average Bonchev–Trinajstić information content (AvgIpc) is 2.35. The third-order valence-electron chi connectivity index (χ3n) is 3.31. The molecule has 1 aromatic rings. The molecule has 0 amide bonds. The van der Waals surface area contributed by atoms with E-state index in [1.54, 1.807) is 0 Å². The standard InChI is InChI=1S/C13H19BrN2O/c1-16(11-4-6-17-7-5-11)9-10-2-3-13(15)12(14)8-10/h2-3,8,11H,4-7,9,15H2,1H3. The summed E-state index contributed by atoms with van der Waals surface area (Å²) in [6.45, 7) is 2.74. The van der Waals surface area contributed by atoms with E-state index in [9.17, 15) is 0 Å². The Hall–Kier alpha value is -0.580. The van der Waals surface area contributed by atoms with Gasteiger partial charge in [0.05, 0.1) is 0 Å². The molecule has 0 radical (unpaired) electrons. The zero-order valence-corrected chi connectivity index (χ0v) is 11.7. The highest BCUT2D eigenvalue weighted by molar-refractivity contribution is 9.10. The minimum Gasteiger partial charge on any atom is -0.398 e. The number of nitrogens with two attached hydrogens (primary N) is 1. The van der Waals surface area contributed by atoms with Crippen LogP contribution in [0, 0.1) is 0 Å². The van der Waals surface area contributed by atoms with E-state index < -0.39 is 0 Å². The molecule has 3 nitrogen and oxygen atoms in total. The van der Waals surface area contributed by atoms with E-state index >= 15 is 0 Å². The Morgan fingerprint density at radius 3 is 2.76 bits per heavy atom. The van der Waals surface area contributed by atoms with Gasteiger partial charge in [-0.1, -0.05) is 6.07 Å². The first-order valence-corrected chi connectivity index (χ1v) is 6.78. The molecule has 1 saturated heterocycles. The maximum Gasteiger partial charge on any atom is 0.0480 e. The Morgan fingerprint density at radius 1 is 1.41 bits per heavy atom. The van der Waals surface area contributed by atoms with Crippen LogP contribution in [0.15, 0.2) is 22.7 Å². The van der Waals surface area contributed by atoms with Gasteiger partial charge in [0.25, 0.3) is 0 Å². The van der Waals surface area contributed by atoms with E-state index in [0.29, 0.717) is 6.04 Å². The smallest absolute Gasteiger partial charge is 0.0480 e. The molecule has 0 aliphatic carbocycles. The predicted octanol–water partition coefficient (Wildman–Crippen LogP) is 2.64. The van der Waals surface area contributed by atoms with Crippen molar-refractivity contribution in [2.24, 2.45) is 0 Å². The van der Waals surface area contributed by atoms with Crippen molar-refractivity contribution in [3.05, 3.63) is 28.2 Å². The summed E-state index contributed by atoms with van der Waals surface area (Å²) >= 11 is 3.47. The van der Waals surface area contributed by atoms with Crippen LogP contribution in [-0.2, 0) is 11.3 Å². The number of nitrogen functional groups attached to an aromatic ring is 1. The molecule has 94 valence electrons. The summed E-state index contributed by atoms with van der Waals surface area (Å²) in [4.78, 5) is 2.40. The number of benzene rings is 1. The van der Waals surface area contributed by atoms with Crippen molar-refractivity contribution < 1.29 is 4.74 Å². The van der Waals surface area contributed by atoms with Gasteiger partial charge in [0.2, 0.25) is 0 Å². The van der Waals surface area contributed by atoms with Crippen molar-refractivity contribution in [2.75, 3.05) is 26.0 Å². The number of ether oxygens (including phenoxy) is 1. The van der Waals surface area contributed by atoms with E-state index in [4.69, 9.17) is 10.5 Å². The van der Waals surface area contributed by atoms with Crippen molar-refractivity contribution >= 4 is 21.6 Å². The van der Waals surface area contributed by atoms with Crippen molar-refractivity contribution in [2.45, 2.75) is 25.4 Å². The topological polar surface area (TPSA) is 38.5 Å². The lowest BCUT2D eigenvalue weighted by atomic mass is 10.1. The summed E-state index contributed by atoms with van der Waals surface area (Å²) in [5.74, 6) is 0. The largest absolute Gasteiger partial charge is 0.398 e. The number of anilines is 1. The molecule has 1 aromatic carbocycles. The van der Waals surface area contributed by atoms with Crippen LogP contribution in [0.25, 0.3) is 0 Å². The highest BCUT2D eigenvalue weighted by Gasteiger charge is 2.18. The lowest BCUT2D eigenvalue weighted by Crippen LogP contribution is -2.36. The van der Waals surface area contributed by atoms with Gasteiger partial charge in [-0.05, 0) is 53.5 Å². The van der Waals surface area contributed by atoms with E-state index in [1.165, 1.54) is 5.56 Å². The molecule has 1 aliphatic rings. The maximum absolute atomic E-state index is 5.79. The molecular formula is C13H19BrN2O. The van der Waals surface area contributed by atoms with Crippen molar-refractivity contribution in [1.82, 2.24) is 4.90 Å². The first-order chi connectivity index (χ1) is 8.16. The molecule has 0 bridgehead atoms. The molecule has 4 heteroatoms. The fourth-order valence-electron chi connectivity index (χ4n) is 2.21. The van der Waals surface area contributed by atoms with Gasteiger partial charge in [0.15, 0.2) is 0 Å². The third kappa shape index (κ3) is 3.44. The number of nitrogens with zero attached hydrogens (tertiary/aromatic N) is 1. The highest BCUT2D eigenvalue weighted by atomic mass is 79.9. The number of rotatable bonds is 3. The fraction of sp³-hybridized carbons (Fsp3) is 0.538. The van der Waals surface area contributed by atoms with Crippen LogP contribution < -0.4 is 5.73 Å². The zero-order chi connectivity index (χ0) is 12.3. The minimum absolute atomic E-state index is 0.639. The molecule has 2 rings (SSSR count). The average molecular weight is 299 g/mol. The van der Waals surface area contributed by atoms with Crippen molar-refractivity contribution in [3.63, 3.8) is 0 Å². The fourth-order valence-corrected chi connectivity index (χ4v) is 2.64. The Kier molecular flexibility index (Phi) is 4.42. The number of hydrogen-bond acceptors (Lipinski definition) is 3. The molecule has 0 atom stereocenters. The summed E-state index contributed by atoms with van der Waals surface area (Å²) < 4.78 is 6.37. The SMILES string of the molecule is CN(Cc1ccc(N)c(Br)c1)C1CCOCC1. The Morgan fingerprint density at radius 2 is 2.12 bits per heavy atom. The second kappa shape index (κ2) is 5.85. The summed E-state index contributed by atoms with van der Waals surface area (Å²) in [7, 11) is 2.18. The van der Waals surface area contributed by atoms with E-state index in [0.717, 1.165) is 42.8 Å². The van der Waals surface area contributed by atoms with Gasteiger partial charge in [-0.15, -0.1) is 0 Å². The summed E-state index contributed by atoms with van der Waals surface area (Å²) in [5, 5.41) is 0. The molecule has 0 unspecified atom stereocenters. The highest BCUT2D eigenvalue weighted by Crippen LogP contribution is 2.22. The van der Waals surface area contributed by atoms with E-state index in [-0.39, 0.29) is 0 Å². The molecule has 1 aliphatic heterocycles. The normalized spacial score (nSPS) is 17.6. The lowest BCUT2D eigenvalue weighted by Gasteiger charge is -2.31. The first kappa shape index (κ1) is 12.9. The van der Waals surface area contributed by atoms with Gasteiger partial charge in [0, 0.05) is 36.0 Å². The van der Waals surface area contributed by atoms with Gasteiger partial charge >= 0.3 is 0 Å². The van der Waals surface area contributed by atoms with Gasteiger partial charge in [-0.2, -0.15) is 0 Å². The van der Waals surface area contributed by atoms with Crippen LogP contribution in [0.1, 0.15) is 18.4 Å². The molecule has 1 heterocycles. The molecule has 1 fully saturated rings. The van der Waals surface area contributed by atoms with Crippen LogP contribution in [0.2, 0.25) is 0 Å². The summed E-state index contributed by atoms with van der Waals surface area (Å²) in [6, 6.07) is 6.79. The Balaban J connectivity index is 1.96. The molecule has 2 N–H and O–H groups in total. The Labute approximate surface area is 111 Å².